The molecule has 3 aromatic carbocycles. The van der Waals surface area contributed by atoms with E-state index in [1.165, 1.54) is 7.05 Å². The van der Waals surface area contributed by atoms with E-state index >= 15 is 0 Å². The highest BCUT2D eigenvalue weighted by molar-refractivity contribution is 7.89. The Hall–Kier alpha value is -2.67. The molecule has 0 heterocycles. The number of amides is 1. The van der Waals surface area contributed by atoms with Gasteiger partial charge in [-0.2, -0.15) is 0 Å². The zero-order valence-electron chi connectivity index (χ0n) is 16.4. The van der Waals surface area contributed by atoms with Gasteiger partial charge in [-0.05, 0) is 73.0 Å². The SMILES string of the molecule is CNS(=O)(=O)c1ccc(-c2cccc(NC(=O)C3(c4ccc(Cl)cc4)CC3)c2)cc1. The molecule has 30 heavy (non-hydrogen) atoms. The Morgan fingerprint density at radius 3 is 2.20 bits per heavy atom. The molecule has 3 aromatic rings. The molecule has 0 unspecified atom stereocenters. The lowest BCUT2D eigenvalue weighted by atomic mass is 9.95. The van der Waals surface area contributed by atoms with Gasteiger partial charge >= 0.3 is 0 Å². The van der Waals surface area contributed by atoms with Crippen molar-refractivity contribution in [3.63, 3.8) is 0 Å². The minimum Gasteiger partial charge on any atom is -0.325 e. The molecular formula is C23H21ClN2O3S. The number of anilines is 1. The summed E-state index contributed by atoms with van der Waals surface area (Å²) in [5.74, 6) is -0.0302. The second kappa shape index (κ2) is 7.87. The summed E-state index contributed by atoms with van der Waals surface area (Å²) in [5.41, 5.74) is 2.92. The van der Waals surface area contributed by atoms with Crippen molar-refractivity contribution in [3.05, 3.63) is 83.4 Å². The molecule has 0 atom stereocenters. The van der Waals surface area contributed by atoms with Gasteiger partial charge in [0.1, 0.15) is 0 Å². The highest BCUT2D eigenvalue weighted by atomic mass is 35.5. The molecule has 1 fully saturated rings. The quantitative estimate of drug-likeness (QED) is 0.588. The summed E-state index contributed by atoms with van der Waals surface area (Å²) in [6.07, 6.45) is 1.61. The third kappa shape index (κ3) is 3.99. The van der Waals surface area contributed by atoms with Crippen molar-refractivity contribution in [2.24, 2.45) is 0 Å². The topological polar surface area (TPSA) is 75.3 Å². The fourth-order valence-corrected chi connectivity index (χ4v) is 4.37. The summed E-state index contributed by atoms with van der Waals surface area (Å²) in [7, 11) is -2.09. The standard InChI is InChI=1S/C23H21ClN2O3S/c1-25-30(28,29)21-11-5-16(6-12-21)17-3-2-4-20(15-17)26-22(27)23(13-14-23)18-7-9-19(24)10-8-18/h2-12,15,25H,13-14H2,1H3,(H,26,27). The number of hydrogen-bond donors (Lipinski definition) is 2. The molecular weight excluding hydrogens is 420 g/mol. The zero-order chi connectivity index (χ0) is 21.4. The molecule has 0 aliphatic heterocycles. The van der Waals surface area contributed by atoms with Crippen molar-refractivity contribution in [1.29, 1.82) is 0 Å². The summed E-state index contributed by atoms with van der Waals surface area (Å²) >= 11 is 5.97. The highest BCUT2D eigenvalue weighted by Gasteiger charge is 2.51. The van der Waals surface area contributed by atoms with Crippen LogP contribution >= 0.6 is 11.6 Å². The lowest BCUT2D eigenvalue weighted by molar-refractivity contribution is -0.118. The van der Waals surface area contributed by atoms with E-state index in [2.05, 4.69) is 10.0 Å². The van der Waals surface area contributed by atoms with Crippen LogP contribution in [0.1, 0.15) is 18.4 Å². The van der Waals surface area contributed by atoms with Crippen LogP contribution in [0.3, 0.4) is 0 Å². The van der Waals surface area contributed by atoms with Crippen molar-refractivity contribution >= 4 is 33.2 Å². The number of nitrogens with one attached hydrogen (secondary N) is 2. The fourth-order valence-electron chi connectivity index (χ4n) is 3.51. The van der Waals surface area contributed by atoms with E-state index in [0.29, 0.717) is 10.7 Å². The predicted molar refractivity (Wildman–Crippen MR) is 119 cm³/mol. The van der Waals surface area contributed by atoms with Crippen molar-refractivity contribution in [2.75, 3.05) is 12.4 Å². The van der Waals surface area contributed by atoms with E-state index < -0.39 is 15.4 Å². The molecule has 2 N–H and O–H groups in total. The van der Waals surface area contributed by atoms with E-state index in [0.717, 1.165) is 29.5 Å². The number of hydrogen-bond acceptors (Lipinski definition) is 3. The largest absolute Gasteiger partial charge is 0.325 e. The van der Waals surface area contributed by atoms with Gasteiger partial charge in [-0.15, -0.1) is 0 Å². The number of sulfonamides is 1. The van der Waals surface area contributed by atoms with Crippen molar-refractivity contribution in [3.8, 4) is 11.1 Å². The zero-order valence-corrected chi connectivity index (χ0v) is 17.9. The summed E-state index contributed by atoms with van der Waals surface area (Å²) in [5, 5.41) is 3.68. The normalized spacial score (nSPS) is 14.9. The first-order valence-electron chi connectivity index (χ1n) is 9.56. The third-order valence-corrected chi connectivity index (χ3v) is 7.15. The Morgan fingerprint density at radius 1 is 0.933 bits per heavy atom. The average molecular weight is 441 g/mol. The van der Waals surface area contributed by atoms with Crippen LogP contribution < -0.4 is 10.0 Å². The molecule has 0 radical (unpaired) electrons. The van der Waals surface area contributed by atoms with Gasteiger partial charge in [0.25, 0.3) is 0 Å². The van der Waals surface area contributed by atoms with Crippen LogP contribution in [0.4, 0.5) is 5.69 Å². The molecule has 5 nitrogen and oxygen atoms in total. The lowest BCUT2D eigenvalue weighted by Gasteiger charge is -2.16. The maximum atomic E-state index is 13.0. The van der Waals surface area contributed by atoms with Crippen LogP contribution in [0.2, 0.25) is 5.02 Å². The van der Waals surface area contributed by atoms with Gasteiger partial charge in [0.15, 0.2) is 0 Å². The van der Waals surface area contributed by atoms with Crippen LogP contribution in [0, 0.1) is 0 Å². The molecule has 1 amide bonds. The van der Waals surface area contributed by atoms with Gasteiger partial charge in [-0.3, -0.25) is 4.79 Å². The molecule has 7 heteroatoms. The molecule has 1 aliphatic carbocycles. The van der Waals surface area contributed by atoms with Gasteiger partial charge < -0.3 is 5.32 Å². The summed E-state index contributed by atoms with van der Waals surface area (Å²) < 4.78 is 26.1. The number of rotatable bonds is 6. The Bertz CT molecular complexity index is 1190. The molecule has 4 rings (SSSR count). The second-order valence-corrected chi connectivity index (χ2v) is 9.68. The number of carbonyl (C=O) groups is 1. The summed E-state index contributed by atoms with van der Waals surface area (Å²) in [4.78, 5) is 13.2. The van der Waals surface area contributed by atoms with E-state index in [1.807, 2.05) is 48.5 Å². The van der Waals surface area contributed by atoms with Gasteiger partial charge in [0.2, 0.25) is 15.9 Å². The van der Waals surface area contributed by atoms with Crippen LogP contribution in [0.15, 0.2) is 77.7 Å². The highest BCUT2D eigenvalue weighted by Crippen LogP contribution is 2.49. The van der Waals surface area contributed by atoms with Crippen molar-refractivity contribution in [1.82, 2.24) is 4.72 Å². The first-order valence-corrected chi connectivity index (χ1v) is 11.4. The van der Waals surface area contributed by atoms with E-state index in [1.54, 1.807) is 24.3 Å². The minimum absolute atomic E-state index is 0.0302. The number of carbonyl (C=O) groups excluding carboxylic acids is 1. The molecule has 1 saturated carbocycles. The summed E-state index contributed by atoms with van der Waals surface area (Å²) in [6, 6.07) is 21.6. The predicted octanol–water partition coefficient (Wildman–Crippen LogP) is 4.59. The molecule has 154 valence electrons. The first kappa shape index (κ1) is 20.6. The van der Waals surface area contributed by atoms with E-state index in [4.69, 9.17) is 11.6 Å². The van der Waals surface area contributed by atoms with Gasteiger partial charge in [-0.25, -0.2) is 13.1 Å². The van der Waals surface area contributed by atoms with Crippen molar-refractivity contribution in [2.45, 2.75) is 23.2 Å². The van der Waals surface area contributed by atoms with Crippen LogP contribution in [0.25, 0.3) is 11.1 Å². The van der Waals surface area contributed by atoms with E-state index in [9.17, 15) is 13.2 Å². The third-order valence-electron chi connectivity index (χ3n) is 5.47. The number of benzene rings is 3. The minimum atomic E-state index is -3.48. The Balaban J connectivity index is 1.54. The van der Waals surface area contributed by atoms with Gasteiger partial charge in [0.05, 0.1) is 10.3 Å². The van der Waals surface area contributed by atoms with E-state index in [-0.39, 0.29) is 10.8 Å². The summed E-state index contributed by atoms with van der Waals surface area (Å²) in [6.45, 7) is 0. The Kier molecular flexibility index (Phi) is 5.40. The molecule has 0 saturated heterocycles. The first-order chi connectivity index (χ1) is 14.3. The maximum absolute atomic E-state index is 13.0. The number of halogens is 1. The Morgan fingerprint density at radius 2 is 1.60 bits per heavy atom. The van der Waals surface area contributed by atoms with Gasteiger partial charge in [-0.1, -0.05) is 48.0 Å². The van der Waals surface area contributed by atoms with Crippen LogP contribution in [0.5, 0.6) is 0 Å². The average Bonchev–Trinajstić information content (AvgIpc) is 3.57. The lowest BCUT2D eigenvalue weighted by Crippen LogP contribution is -2.27. The van der Waals surface area contributed by atoms with Crippen molar-refractivity contribution < 1.29 is 13.2 Å². The monoisotopic (exact) mass is 440 g/mol. The van der Waals surface area contributed by atoms with Crippen LogP contribution in [-0.4, -0.2) is 21.4 Å². The van der Waals surface area contributed by atoms with Crippen LogP contribution in [-0.2, 0) is 20.2 Å². The maximum Gasteiger partial charge on any atom is 0.240 e. The Labute approximate surface area is 181 Å². The molecule has 0 aromatic heterocycles. The molecule has 0 bridgehead atoms. The van der Waals surface area contributed by atoms with Gasteiger partial charge in [0, 0.05) is 10.7 Å². The molecule has 0 spiro atoms. The smallest absolute Gasteiger partial charge is 0.240 e. The fraction of sp³-hybridized carbons (Fsp3) is 0.174. The molecule has 1 aliphatic rings. The second-order valence-electron chi connectivity index (χ2n) is 7.36.